The Morgan fingerprint density at radius 1 is 0.917 bits per heavy atom. The quantitative estimate of drug-likeness (QED) is 0.563. The molecule has 0 aliphatic carbocycles. The van der Waals surface area contributed by atoms with Gasteiger partial charge < -0.3 is 10.1 Å². The van der Waals surface area contributed by atoms with Crippen LogP contribution in [0, 0.1) is 0 Å². The number of H-pyrrole nitrogens is 1. The number of rotatable bonds is 1. The van der Waals surface area contributed by atoms with Gasteiger partial charge in [0.25, 0.3) is 5.56 Å². The lowest BCUT2D eigenvalue weighted by Crippen LogP contribution is -2.16. The van der Waals surface area contributed by atoms with Crippen LogP contribution in [0.1, 0.15) is 10.4 Å². The van der Waals surface area contributed by atoms with Crippen molar-refractivity contribution in [1.82, 2.24) is 9.97 Å². The van der Waals surface area contributed by atoms with Gasteiger partial charge in [-0.25, -0.2) is 4.79 Å². The average Bonchev–Trinajstić information content (AvgIpc) is 2.61. The minimum absolute atomic E-state index is 0.233. The number of carbonyl (C=O) groups is 1. The van der Waals surface area contributed by atoms with Crippen LogP contribution in [0.4, 0.5) is 0 Å². The van der Waals surface area contributed by atoms with E-state index in [0.29, 0.717) is 10.9 Å². The molecule has 0 bridgehead atoms. The molecule has 0 unspecified atom stereocenters. The molecule has 5 heteroatoms. The number of fused-ring (bicyclic) bond motifs is 2. The van der Waals surface area contributed by atoms with Crippen molar-refractivity contribution in [1.29, 1.82) is 0 Å². The first kappa shape index (κ1) is 15.4. The summed E-state index contributed by atoms with van der Waals surface area (Å²) in [6.45, 7) is 0. The van der Waals surface area contributed by atoms with E-state index < -0.39 is 11.5 Å². The summed E-state index contributed by atoms with van der Waals surface area (Å²) in [5.41, 5.74) is 0.896. The van der Waals surface area contributed by atoms with Gasteiger partial charge in [-0.2, -0.15) is 0 Å². The monoisotopic (exact) mass is 318 g/mol. The number of aromatic amines is 1. The van der Waals surface area contributed by atoms with E-state index in [4.69, 9.17) is 5.11 Å². The predicted molar refractivity (Wildman–Crippen MR) is 93.3 cm³/mol. The van der Waals surface area contributed by atoms with E-state index in [1.54, 1.807) is 24.3 Å². The summed E-state index contributed by atoms with van der Waals surface area (Å²) in [7, 11) is 0. The average molecular weight is 318 g/mol. The Bertz CT molecular complexity index is 1010. The maximum Gasteiger partial charge on any atom is 0.341 e. The first-order chi connectivity index (χ1) is 11.6. The van der Waals surface area contributed by atoms with Crippen LogP contribution in [-0.2, 0) is 0 Å². The highest BCUT2D eigenvalue weighted by Crippen LogP contribution is 2.10. The van der Waals surface area contributed by atoms with Crippen LogP contribution in [0.2, 0.25) is 0 Å². The number of aromatic nitrogens is 2. The number of benzene rings is 2. The van der Waals surface area contributed by atoms with Crippen LogP contribution in [0.25, 0.3) is 21.8 Å². The van der Waals surface area contributed by atoms with Gasteiger partial charge in [-0.15, -0.1) is 0 Å². The molecule has 0 aliphatic rings. The molecular formula is C19H14N2O3. The van der Waals surface area contributed by atoms with Crippen LogP contribution >= 0.6 is 0 Å². The second kappa shape index (κ2) is 6.75. The van der Waals surface area contributed by atoms with Gasteiger partial charge in [-0.05, 0) is 29.7 Å². The van der Waals surface area contributed by atoms with Gasteiger partial charge in [0.05, 0.1) is 5.52 Å². The highest BCUT2D eigenvalue weighted by Gasteiger charge is 2.08. The lowest BCUT2D eigenvalue weighted by atomic mass is 10.1. The van der Waals surface area contributed by atoms with E-state index in [0.717, 1.165) is 5.52 Å². The number of nitrogens with zero attached hydrogens (tertiary/aromatic N) is 1. The predicted octanol–water partition coefficient (Wildman–Crippen LogP) is 3.46. The lowest BCUT2D eigenvalue weighted by Gasteiger charge is -1.98. The Hall–Kier alpha value is -3.47. The SMILES string of the molecule is O=C(O)c1cc2ccccc2[nH]c1=O.c1ccc2ncccc2c1. The highest BCUT2D eigenvalue weighted by molar-refractivity contribution is 5.92. The number of nitrogens with one attached hydrogen (secondary N) is 1. The smallest absolute Gasteiger partial charge is 0.341 e. The number of hydrogen-bond acceptors (Lipinski definition) is 3. The molecule has 0 saturated heterocycles. The van der Waals surface area contributed by atoms with Crippen LogP contribution in [0.3, 0.4) is 0 Å². The Kier molecular flexibility index (Phi) is 4.34. The Balaban J connectivity index is 0.000000149. The maximum atomic E-state index is 11.2. The number of pyridine rings is 2. The van der Waals surface area contributed by atoms with Crippen LogP contribution in [-0.4, -0.2) is 21.0 Å². The van der Waals surface area contributed by atoms with Gasteiger partial charge in [0.1, 0.15) is 5.56 Å². The van der Waals surface area contributed by atoms with Crippen molar-refractivity contribution in [2.75, 3.05) is 0 Å². The Labute approximate surface area is 137 Å². The minimum atomic E-state index is -1.21. The largest absolute Gasteiger partial charge is 0.477 e. The topological polar surface area (TPSA) is 83.0 Å². The van der Waals surface area contributed by atoms with Crippen molar-refractivity contribution < 1.29 is 9.90 Å². The summed E-state index contributed by atoms with van der Waals surface area (Å²) in [6, 6.07) is 20.5. The molecule has 0 fully saturated rings. The Morgan fingerprint density at radius 2 is 1.58 bits per heavy atom. The van der Waals surface area contributed by atoms with E-state index in [1.165, 1.54) is 11.5 Å². The first-order valence-electron chi connectivity index (χ1n) is 7.30. The third kappa shape index (κ3) is 3.30. The lowest BCUT2D eigenvalue weighted by molar-refractivity contribution is 0.0695. The summed E-state index contributed by atoms with van der Waals surface area (Å²) in [4.78, 5) is 28.6. The number of carboxylic acid groups (broad SMARTS) is 1. The zero-order chi connectivity index (χ0) is 16.9. The normalized spacial score (nSPS) is 10.2. The number of aromatic carboxylic acids is 1. The van der Waals surface area contributed by atoms with Gasteiger partial charge in [-0.1, -0.05) is 42.5 Å². The van der Waals surface area contributed by atoms with E-state index in [1.807, 2.05) is 30.5 Å². The fourth-order valence-corrected chi connectivity index (χ4v) is 2.32. The molecule has 0 atom stereocenters. The summed E-state index contributed by atoms with van der Waals surface area (Å²) in [6.07, 6.45) is 1.81. The number of hydrogen-bond donors (Lipinski definition) is 2. The van der Waals surface area contributed by atoms with Crippen molar-refractivity contribution in [3.63, 3.8) is 0 Å². The molecule has 2 N–H and O–H groups in total. The second-order valence-electron chi connectivity index (χ2n) is 5.10. The molecule has 0 saturated carbocycles. The summed E-state index contributed by atoms with van der Waals surface area (Å²) in [5, 5.41) is 10.6. The van der Waals surface area contributed by atoms with Crippen molar-refractivity contribution in [3.05, 3.63) is 88.8 Å². The fourth-order valence-electron chi connectivity index (χ4n) is 2.32. The molecule has 0 amide bonds. The molecule has 2 aromatic carbocycles. The highest BCUT2D eigenvalue weighted by atomic mass is 16.4. The standard InChI is InChI=1S/C10H7NO3.C9H7N/c12-9-7(10(13)14)5-6-3-1-2-4-8(6)11-9;1-2-6-9-8(4-1)5-3-7-10-9/h1-5H,(H,11,12)(H,13,14);1-7H. The van der Waals surface area contributed by atoms with Crippen molar-refractivity contribution in [3.8, 4) is 0 Å². The summed E-state index contributed by atoms with van der Waals surface area (Å²) < 4.78 is 0. The number of carboxylic acids is 1. The molecule has 118 valence electrons. The van der Waals surface area contributed by atoms with E-state index >= 15 is 0 Å². The van der Waals surface area contributed by atoms with Crippen LogP contribution in [0.15, 0.2) is 77.7 Å². The molecular weight excluding hydrogens is 304 g/mol. The number of para-hydroxylation sites is 2. The second-order valence-corrected chi connectivity index (χ2v) is 5.10. The summed E-state index contributed by atoms with van der Waals surface area (Å²) >= 11 is 0. The van der Waals surface area contributed by atoms with Gasteiger partial charge in [0.2, 0.25) is 0 Å². The first-order valence-corrected chi connectivity index (χ1v) is 7.30. The molecule has 2 aromatic heterocycles. The molecule has 4 rings (SSSR count). The van der Waals surface area contributed by atoms with Crippen molar-refractivity contribution >= 4 is 27.8 Å². The van der Waals surface area contributed by atoms with Crippen molar-refractivity contribution in [2.45, 2.75) is 0 Å². The fraction of sp³-hybridized carbons (Fsp3) is 0. The van der Waals surface area contributed by atoms with Crippen LogP contribution in [0.5, 0.6) is 0 Å². The zero-order valence-corrected chi connectivity index (χ0v) is 12.6. The van der Waals surface area contributed by atoms with Crippen LogP contribution < -0.4 is 5.56 Å². The molecule has 24 heavy (non-hydrogen) atoms. The summed E-state index contributed by atoms with van der Waals surface area (Å²) in [5.74, 6) is -1.21. The van der Waals surface area contributed by atoms with Gasteiger partial charge in [0.15, 0.2) is 0 Å². The zero-order valence-electron chi connectivity index (χ0n) is 12.6. The third-order valence-electron chi connectivity index (χ3n) is 3.50. The molecule has 0 aliphatic heterocycles. The van der Waals surface area contributed by atoms with Gasteiger partial charge in [0, 0.05) is 17.1 Å². The Morgan fingerprint density at radius 3 is 2.33 bits per heavy atom. The molecule has 4 aromatic rings. The van der Waals surface area contributed by atoms with E-state index in [9.17, 15) is 9.59 Å². The minimum Gasteiger partial charge on any atom is -0.477 e. The molecule has 2 heterocycles. The third-order valence-corrected chi connectivity index (χ3v) is 3.50. The molecule has 0 radical (unpaired) electrons. The van der Waals surface area contributed by atoms with Gasteiger partial charge in [-0.3, -0.25) is 9.78 Å². The van der Waals surface area contributed by atoms with Crippen molar-refractivity contribution in [2.24, 2.45) is 0 Å². The maximum absolute atomic E-state index is 11.2. The van der Waals surface area contributed by atoms with E-state index in [-0.39, 0.29) is 5.56 Å². The molecule has 5 nitrogen and oxygen atoms in total. The molecule has 0 spiro atoms. The van der Waals surface area contributed by atoms with E-state index in [2.05, 4.69) is 22.1 Å². The van der Waals surface area contributed by atoms with Gasteiger partial charge >= 0.3 is 5.97 Å².